The smallest absolute Gasteiger partial charge is 0.425 e. The lowest BCUT2D eigenvalue weighted by Gasteiger charge is -2.48. The molecule has 0 aromatic carbocycles. The zero-order valence-corrected chi connectivity index (χ0v) is 76.9. The van der Waals surface area contributed by atoms with E-state index in [4.69, 9.17) is 61.8 Å². The van der Waals surface area contributed by atoms with Gasteiger partial charge in [0.05, 0.1) is 77.1 Å². The number of aliphatic hydroxyl groups is 1. The number of likely N-dealkylation sites (N-methyl/N-ethyl adjacent to an activating group) is 2. The lowest BCUT2D eigenvalue weighted by atomic mass is 9.73. The maximum atomic E-state index is 17.0. The number of nitrogens with one attached hydrogen (secondary N) is 2. The first kappa shape index (κ1) is 99.2. The Hall–Kier alpha value is -8.56. The number of carbonyl (C=O) groups is 7. The van der Waals surface area contributed by atoms with Gasteiger partial charge in [0.25, 0.3) is 5.67 Å². The number of aryl methyl sites for hydroxylation is 2. The molecule has 3 N–H and O–H groups in total. The third kappa shape index (κ3) is 22.0. The quantitative estimate of drug-likeness (QED) is 0.0183. The SMILES string of the molecule is CC[C@H]1OC(=O)[C@@](C)(F)C(=O)[C@H](C)[C@@H](O[C@@H]2O[C@H](C)C[C@H](N(C)C)[C@H]2O)[C@](C)(OC)C[C@@H](C)/C(=N/OC)[C@H](C)[C@@H]2N(NCCCn3cnc(-c4cccnc4)c3)C(=O)O[C@@]21C.CC[C@H]1OC(=O)[C@H](C)C(=O)[C@H](C)[C@@H](O[C@@H]2O[C@H](C)C[C@H](N(C)C)[C@H]2OC(C)=O)[C@](C)(OC)C[C@@H](C)/C(=N/OC)[C@H](C)[C@@H]2N(NCCCn3cnc(-c4cccnc4)c3)C(=O)O[C@@]21C. The Morgan fingerprint density at radius 1 is 0.621 bits per heavy atom. The third-order valence-corrected chi connectivity index (χ3v) is 25.8. The fourth-order valence-corrected chi connectivity index (χ4v) is 19.2. The molecule has 6 aliphatic heterocycles. The molecule has 0 aliphatic carbocycles. The highest BCUT2D eigenvalue weighted by Gasteiger charge is 2.64. The number of hydrogen-bond donors (Lipinski definition) is 3. The molecule has 4 aromatic heterocycles. The summed E-state index contributed by atoms with van der Waals surface area (Å²) < 4.78 is 89.8. The van der Waals surface area contributed by atoms with Gasteiger partial charge in [0, 0.05) is 137 Å². The number of carbonyl (C=O) groups excluding carboxylic acids is 7. The molecule has 6 fully saturated rings. The van der Waals surface area contributed by atoms with Crippen molar-refractivity contribution < 1.29 is 105 Å². The van der Waals surface area contributed by atoms with Crippen molar-refractivity contribution in [2.24, 2.45) is 51.7 Å². The molecular weight excluding hydrogens is 1610 g/mol. The van der Waals surface area contributed by atoms with Crippen LogP contribution >= 0.6 is 0 Å². The van der Waals surface area contributed by atoms with Crippen molar-refractivity contribution in [2.75, 3.05) is 69.7 Å². The Morgan fingerprint density at radius 2 is 1.06 bits per heavy atom. The number of halogens is 1. The number of rotatable bonds is 25. The van der Waals surface area contributed by atoms with Crippen LogP contribution in [0.5, 0.6) is 0 Å². The molecule has 6 saturated heterocycles. The molecule has 36 heteroatoms. The van der Waals surface area contributed by atoms with E-state index in [1.165, 1.54) is 59.2 Å². The predicted molar refractivity (Wildman–Crippen MR) is 454 cm³/mol. The van der Waals surface area contributed by atoms with E-state index in [9.17, 15) is 38.7 Å². The molecule has 10 rings (SSSR count). The Labute approximate surface area is 728 Å². The maximum Gasteiger partial charge on any atom is 0.425 e. The molecule has 124 heavy (non-hydrogen) atoms. The second-order valence-electron chi connectivity index (χ2n) is 35.5. The average Bonchev–Trinajstić information content (AvgIpc) is 1.56. The van der Waals surface area contributed by atoms with Gasteiger partial charge in [0.15, 0.2) is 41.5 Å². The first-order valence-electron chi connectivity index (χ1n) is 43.2. The molecule has 0 saturated carbocycles. The summed E-state index contributed by atoms with van der Waals surface area (Å²) in [6, 6.07) is 5.31. The second kappa shape index (κ2) is 42.4. The Bertz CT molecular complexity index is 4300. The summed E-state index contributed by atoms with van der Waals surface area (Å²) >= 11 is 0. The number of methoxy groups -OCH3 is 2. The highest BCUT2D eigenvalue weighted by Crippen LogP contribution is 2.47. The van der Waals surface area contributed by atoms with Gasteiger partial charge < -0.3 is 85.8 Å². The van der Waals surface area contributed by atoms with Gasteiger partial charge in [-0.2, -0.15) is 0 Å². The number of nitrogens with zero attached hydrogens (tertiary/aromatic N) is 12. The van der Waals surface area contributed by atoms with E-state index in [0.717, 1.165) is 29.4 Å². The fourth-order valence-electron chi connectivity index (χ4n) is 19.2. The van der Waals surface area contributed by atoms with Gasteiger partial charge in [-0.15, -0.1) is 0 Å². The molecule has 2 amide bonds. The van der Waals surface area contributed by atoms with Crippen molar-refractivity contribution in [3.63, 3.8) is 0 Å². The summed E-state index contributed by atoms with van der Waals surface area (Å²) in [6.45, 7) is 30.7. The van der Waals surface area contributed by atoms with Gasteiger partial charge in [-0.05, 0) is 159 Å². The van der Waals surface area contributed by atoms with Crippen LogP contribution in [0.15, 0.2) is 84.4 Å². The minimum absolute atomic E-state index is 0.105. The molecule has 0 unspecified atom stereocenters. The number of fused-ring (bicyclic) bond motifs is 2. The molecule has 0 radical (unpaired) electrons. The number of cyclic esters (lactones) is 2. The van der Waals surface area contributed by atoms with Crippen LogP contribution in [0.4, 0.5) is 14.0 Å². The highest BCUT2D eigenvalue weighted by atomic mass is 19.1. The van der Waals surface area contributed by atoms with Crippen molar-refractivity contribution in [2.45, 2.75) is 296 Å². The number of imidazole rings is 2. The number of hydrazine groups is 2. The van der Waals surface area contributed by atoms with E-state index in [-0.39, 0.29) is 50.0 Å². The van der Waals surface area contributed by atoms with E-state index in [1.807, 2.05) is 139 Å². The number of alkyl halides is 1. The van der Waals surface area contributed by atoms with E-state index in [1.54, 1.807) is 72.1 Å². The van der Waals surface area contributed by atoms with Crippen molar-refractivity contribution in [1.82, 2.24) is 59.7 Å². The monoisotopic (exact) mass is 1740 g/mol. The molecule has 0 spiro atoms. The van der Waals surface area contributed by atoms with Gasteiger partial charge in [-0.1, -0.05) is 65.7 Å². The predicted octanol–water partition coefficient (Wildman–Crippen LogP) is 9.62. The van der Waals surface area contributed by atoms with Crippen molar-refractivity contribution in [3.05, 3.63) is 74.1 Å². The lowest BCUT2D eigenvalue weighted by molar-refractivity contribution is -0.297. The van der Waals surface area contributed by atoms with Crippen LogP contribution in [0, 0.1) is 41.4 Å². The Morgan fingerprint density at radius 3 is 1.48 bits per heavy atom. The average molecular weight is 1740 g/mol. The van der Waals surface area contributed by atoms with Gasteiger partial charge in [0.1, 0.15) is 50.5 Å². The number of aromatic nitrogens is 6. The topological polar surface area (TPSA) is 383 Å². The summed E-state index contributed by atoms with van der Waals surface area (Å²) in [5, 5.41) is 23.5. The number of ether oxygens (including phenoxy) is 11. The van der Waals surface area contributed by atoms with E-state index in [2.05, 4.69) is 41.1 Å². The highest BCUT2D eigenvalue weighted by molar-refractivity contribution is 6.08. The standard InChI is InChI=1S/C45H69N7O11.C43H66FN7O10/c1-14-35-45(9)39(52(43(56)63-45)48-19-16-20-51-24-33(47-25-51)32-17-15-18-46-23-32)28(4)36(49-58-13)26(2)22-44(8,57-12)40(29(5)37(54)30(6)41(55)61-35)62-42-38(60-31(7)53)34(50(10)11)21-27(3)59-42;1-13-32-43(8)35(51(40(55)61-43)47-18-15-19-50-23-30(46-24-50)29-16-14-17-45-22-29)27(4)33(48-57-12)25(2)21-41(6,56-11)37(28(5)36(53)42(7,44)39(54)59-32)60-38-34(52)31(49(9)10)20-26(3)58-38/h15,17-18,23-30,34-35,38-40,42,48H,14,16,19-22H2,1-13H3;14,16-17,22-28,31-32,34-35,37-38,47,52H,13,15,18-21H2,1-12H3/b49-36-;48-33-/t26-,27-,28+,29+,30-,34+,35-,38-,39+,40-,42+,44-,45-;25-,26-,27+,28+,31+,32-,34-,35+,37-,38+,41-,42+,43-/m11/s1. The first-order chi connectivity index (χ1) is 58.5. The van der Waals surface area contributed by atoms with Crippen LogP contribution in [0.1, 0.15) is 169 Å². The molecular formula is C88H135FN14O21. The third-order valence-electron chi connectivity index (χ3n) is 25.8. The number of oxime groups is 2. The Balaban J connectivity index is 0.000000281. The molecule has 0 bridgehead atoms. The molecule has 6 aliphatic rings. The molecule has 4 aromatic rings. The Kier molecular flexibility index (Phi) is 33.9. The number of amides is 2. The number of Topliss-reactive ketones (excluding diaryl/α,β-unsaturated/α-hetero) is 2. The van der Waals surface area contributed by atoms with Crippen molar-refractivity contribution in [1.29, 1.82) is 0 Å². The van der Waals surface area contributed by atoms with Crippen LogP contribution in [0.3, 0.4) is 0 Å². The number of hydrogen-bond acceptors (Lipinski definition) is 31. The summed E-state index contributed by atoms with van der Waals surface area (Å²) in [6.07, 6.45) is 6.55. The largest absolute Gasteiger partial charge is 0.458 e. The molecule has 10 heterocycles. The minimum atomic E-state index is -3.17. The number of esters is 3. The van der Waals surface area contributed by atoms with Gasteiger partial charge in [-0.25, -0.2) is 49.6 Å². The molecule has 35 nitrogen and oxygen atoms in total. The van der Waals surface area contributed by atoms with Crippen molar-refractivity contribution >= 4 is 53.1 Å². The zero-order valence-electron chi connectivity index (χ0n) is 76.9. The lowest BCUT2D eigenvalue weighted by Crippen LogP contribution is -2.62. The van der Waals surface area contributed by atoms with Crippen molar-refractivity contribution in [3.8, 4) is 22.5 Å². The summed E-state index contributed by atoms with van der Waals surface area (Å²) in [5.41, 5.74) is 2.28. The molecule has 26 atom stereocenters. The van der Waals surface area contributed by atoms with Crippen LogP contribution < -0.4 is 10.9 Å². The second-order valence-corrected chi connectivity index (χ2v) is 35.5. The normalized spacial score (nSPS) is 36.2. The first-order valence-corrected chi connectivity index (χ1v) is 43.2. The molecule has 690 valence electrons. The van der Waals surface area contributed by atoms with Gasteiger partial charge in [-0.3, -0.25) is 29.1 Å². The summed E-state index contributed by atoms with van der Waals surface area (Å²) in [7, 11) is 13.3. The maximum absolute atomic E-state index is 17.0. The van der Waals surface area contributed by atoms with Crippen LogP contribution in [-0.2, 0) is 98.8 Å². The van der Waals surface area contributed by atoms with E-state index >= 15 is 4.39 Å². The number of aliphatic hydroxyl groups excluding tert-OH is 1. The van der Waals surface area contributed by atoms with Crippen LogP contribution in [-0.4, -0.2) is 290 Å². The minimum Gasteiger partial charge on any atom is -0.458 e. The summed E-state index contributed by atoms with van der Waals surface area (Å²) in [4.78, 5) is 130. The van der Waals surface area contributed by atoms with E-state index < -0.39 is 172 Å². The van der Waals surface area contributed by atoms with E-state index in [0.29, 0.717) is 63.3 Å². The van der Waals surface area contributed by atoms with Gasteiger partial charge in [0.2, 0.25) is 0 Å². The zero-order chi connectivity index (χ0) is 91.4. The van der Waals surface area contributed by atoms with Crippen LogP contribution in [0.25, 0.3) is 22.5 Å². The fraction of sp³-hybridized carbons (Fsp3) is 0.716. The van der Waals surface area contributed by atoms with Crippen LogP contribution in [0.2, 0.25) is 0 Å². The number of ketones is 2. The summed E-state index contributed by atoms with van der Waals surface area (Å²) in [5.74, 6) is -9.92. The van der Waals surface area contributed by atoms with Gasteiger partial charge >= 0.3 is 30.1 Å². The number of pyridine rings is 2.